The Labute approximate surface area is 115 Å². The largest absolute Gasteiger partial charge is 0.315 e. The van der Waals surface area contributed by atoms with Gasteiger partial charge in [0, 0.05) is 19.1 Å². The van der Waals surface area contributed by atoms with Gasteiger partial charge in [-0.05, 0) is 45.9 Å². The molecule has 0 amide bonds. The second-order valence-corrected chi connectivity index (χ2v) is 5.13. The lowest BCUT2D eigenvalue weighted by Crippen LogP contribution is -2.33. The molecule has 0 aliphatic rings. The average Bonchev–Trinajstić information content (AvgIpc) is 2.39. The summed E-state index contributed by atoms with van der Waals surface area (Å²) in [4.78, 5) is 2.46. The van der Waals surface area contributed by atoms with Crippen LogP contribution in [-0.4, -0.2) is 50.2 Å². The summed E-state index contributed by atoms with van der Waals surface area (Å²) in [5.74, 6) is 0. The number of hydrogen-bond acceptors (Lipinski definition) is 3. The first-order chi connectivity index (χ1) is 8.74. The van der Waals surface area contributed by atoms with Crippen molar-refractivity contribution in [3.8, 4) is 0 Å². The Bertz CT molecular complexity index is 158. The van der Waals surface area contributed by atoms with Crippen molar-refractivity contribution in [2.24, 2.45) is 0 Å². The van der Waals surface area contributed by atoms with Gasteiger partial charge in [0.1, 0.15) is 0 Å². The molecule has 0 rings (SSSR count). The van der Waals surface area contributed by atoms with E-state index in [0.29, 0.717) is 6.04 Å². The summed E-state index contributed by atoms with van der Waals surface area (Å²) in [6.07, 6.45) is 5.19. The van der Waals surface area contributed by atoms with E-state index in [2.05, 4.69) is 43.2 Å². The van der Waals surface area contributed by atoms with Crippen LogP contribution in [0.1, 0.15) is 53.4 Å². The molecule has 0 spiro atoms. The van der Waals surface area contributed by atoms with Crippen LogP contribution in [0.15, 0.2) is 0 Å². The zero-order chi connectivity index (χ0) is 13.6. The Hall–Kier alpha value is -0.120. The lowest BCUT2D eigenvalue weighted by Gasteiger charge is -2.18. The summed E-state index contributed by atoms with van der Waals surface area (Å²) >= 11 is 0. The van der Waals surface area contributed by atoms with Crippen LogP contribution in [0, 0.1) is 0 Å². The Morgan fingerprint density at radius 3 is 2.28 bits per heavy atom. The van der Waals surface area contributed by atoms with Crippen molar-refractivity contribution in [1.29, 1.82) is 0 Å². The summed E-state index contributed by atoms with van der Waals surface area (Å²) in [6.45, 7) is 15.9. The monoisotopic (exact) mass is 257 g/mol. The van der Waals surface area contributed by atoms with Crippen LogP contribution in [0.2, 0.25) is 0 Å². The maximum absolute atomic E-state index is 3.59. The molecule has 110 valence electrons. The lowest BCUT2D eigenvalue weighted by molar-refractivity contribution is 0.302. The van der Waals surface area contributed by atoms with E-state index in [1.807, 2.05) is 0 Å². The number of unbranched alkanes of at least 4 members (excludes halogenated alkanes) is 1. The molecule has 0 aromatic carbocycles. The van der Waals surface area contributed by atoms with Crippen LogP contribution in [0.3, 0.4) is 0 Å². The van der Waals surface area contributed by atoms with E-state index in [0.717, 1.165) is 32.7 Å². The molecule has 2 N–H and O–H groups in total. The first-order valence-corrected chi connectivity index (χ1v) is 7.90. The van der Waals surface area contributed by atoms with E-state index in [4.69, 9.17) is 0 Å². The highest BCUT2D eigenvalue weighted by molar-refractivity contribution is 4.61. The maximum Gasteiger partial charge on any atom is 0.0107 e. The number of nitrogens with one attached hydrogen (secondary N) is 2. The molecule has 1 atom stereocenters. The van der Waals surface area contributed by atoms with E-state index >= 15 is 0 Å². The van der Waals surface area contributed by atoms with E-state index in [1.54, 1.807) is 0 Å². The van der Waals surface area contributed by atoms with E-state index in [9.17, 15) is 0 Å². The lowest BCUT2D eigenvalue weighted by atomic mass is 10.1. The summed E-state index contributed by atoms with van der Waals surface area (Å²) < 4.78 is 0. The van der Waals surface area contributed by atoms with E-state index < -0.39 is 0 Å². The molecule has 18 heavy (non-hydrogen) atoms. The highest BCUT2D eigenvalue weighted by Gasteiger charge is 2.00. The van der Waals surface area contributed by atoms with Crippen LogP contribution in [0.25, 0.3) is 0 Å². The molecule has 0 aliphatic carbocycles. The number of nitrogens with zero attached hydrogens (tertiary/aromatic N) is 1. The standard InChI is InChI=1S/C15H35N3/c1-5-8-10-15(4)17-12-9-11-16-13-14-18(6-2)7-3/h15-17H,5-14H2,1-4H3/t15-/m1/s1. The number of rotatable bonds is 13. The third-order valence-electron chi connectivity index (χ3n) is 3.51. The van der Waals surface area contributed by atoms with Gasteiger partial charge < -0.3 is 15.5 Å². The summed E-state index contributed by atoms with van der Waals surface area (Å²) in [5, 5.41) is 7.11. The van der Waals surface area contributed by atoms with Crippen LogP contribution in [-0.2, 0) is 0 Å². The predicted molar refractivity (Wildman–Crippen MR) is 82.3 cm³/mol. The highest BCUT2D eigenvalue weighted by Crippen LogP contribution is 1.98. The van der Waals surface area contributed by atoms with Gasteiger partial charge in [-0.1, -0.05) is 33.6 Å². The summed E-state index contributed by atoms with van der Waals surface area (Å²) in [5.41, 5.74) is 0. The van der Waals surface area contributed by atoms with Crippen molar-refractivity contribution in [1.82, 2.24) is 15.5 Å². The van der Waals surface area contributed by atoms with Gasteiger partial charge in [0.2, 0.25) is 0 Å². The van der Waals surface area contributed by atoms with Crippen LogP contribution < -0.4 is 10.6 Å². The molecule has 3 heteroatoms. The minimum absolute atomic E-state index is 0.681. The highest BCUT2D eigenvalue weighted by atomic mass is 15.1. The van der Waals surface area contributed by atoms with E-state index in [-0.39, 0.29) is 0 Å². The van der Waals surface area contributed by atoms with Gasteiger partial charge in [-0.15, -0.1) is 0 Å². The van der Waals surface area contributed by atoms with E-state index in [1.165, 1.54) is 32.2 Å². The molecule has 0 saturated carbocycles. The Morgan fingerprint density at radius 2 is 1.67 bits per heavy atom. The molecule has 0 heterocycles. The van der Waals surface area contributed by atoms with Crippen molar-refractivity contribution in [3.63, 3.8) is 0 Å². The minimum atomic E-state index is 0.681. The molecule has 0 fully saturated rings. The Morgan fingerprint density at radius 1 is 0.944 bits per heavy atom. The molecule has 0 unspecified atom stereocenters. The summed E-state index contributed by atoms with van der Waals surface area (Å²) in [7, 11) is 0. The molecule has 0 aromatic rings. The van der Waals surface area contributed by atoms with Crippen molar-refractivity contribution in [3.05, 3.63) is 0 Å². The molecule has 0 aliphatic heterocycles. The third kappa shape index (κ3) is 11.0. The van der Waals surface area contributed by atoms with Crippen molar-refractivity contribution in [2.45, 2.75) is 59.4 Å². The molecule has 0 aromatic heterocycles. The zero-order valence-corrected chi connectivity index (χ0v) is 13.1. The maximum atomic E-state index is 3.59. The molecular formula is C15H35N3. The second-order valence-electron chi connectivity index (χ2n) is 5.13. The number of hydrogen-bond donors (Lipinski definition) is 2. The first kappa shape index (κ1) is 17.9. The molecule has 0 bridgehead atoms. The fourth-order valence-corrected chi connectivity index (χ4v) is 2.08. The van der Waals surface area contributed by atoms with Crippen molar-refractivity contribution < 1.29 is 0 Å². The smallest absolute Gasteiger partial charge is 0.0107 e. The number of likely N-dealkylation sites (N-methyl/N-ethyl adjacent to an activating group) is 1. The van der Waals surface area contributed by atoms with Gasteiger partial charge in [-0.3, -0.25) is 0 Å². The fourth-order valence-electron chi connectivity index (χ4n) is 2.08. The zero-order valence-electron chi connectivity index (χ0n) is 13.1. The predicted octanol–water partition coefficient (Wildman–Crippen LogP) is 2.48. The second kappa shape index (κ2) is 13.3. The van der Waals surface area contributed by atoms with Gasteiger partial charge in [0.05, 0.1) is 0 Å². The SMILES string of the molecule is CCCC[C@@H](C)NCCCNCCN(CC)CC. The van der Waals surface area contributed by atoms with Crippen molar-refractivity contribution in [2.75, 3.05) is 39.3 Å². The molecular weight excluding hydrogens is 222 g/mol. The van der Waals surface area contributed by atoms with Gasteiger partial charge >= 0.3 is 0 Å². The van der Waals surface area contributed by atoms with Gasteiger partial charge in [0.25, 0.3) is 0 Å². The van der Waals surface area contributed by atoms with Crippen LogP contribution in [0.4, 0.5) is 0 Å². The minimum Gasteiger partial charge on any atom is -0.315 e. The average molecular weight is 257 g/mol. The van der Waals surface area contributed by atoms with Crippen LogP contribution in [0.5, 0.6) is 0 Å². The quantitative estimate of drug-likeness (QED) is 0.496. The first-order valence-electron chi connectivity index (χ1n) is 7.90. The van der Waals surface area contributed by atoms with Crippen LogP contribution >= 0.6 is 0 Å². The Kier molecular flexibility index (Phi) is 13.2. The third-order valence-corrected chi connectivity index (χ3v) is 3.51. The normalized spacial score (nSPS) is 13.2. The topological polar surface area (TPSA) is 27.3 Å². The van der Waals surface area contributed by atoms with Gasteiger partial charge in [-0.2, -0.15) is 0 Å². The van der Waals surface area contributed by atoms with Crippen molar-refractivity contribution >= 4 is 0 Å². The van der Waals surface area contributed by atoms with Gasteiger partial charge in [0.15, 0.2) is 0 Å². The Balaban J connectivity index is 3.20. The summed E-state index contributed by atoms with van der Waals surface area (Å²) in [6, 6.07) is 0.681. The fraction of sp³-hybridized carbons (Fsp3) is 1.00. The van der Waals surface area contributed by atoms with Gasteiger partial charge in [-0.25, -0.2) is 0 Å². The molecule has 0 radical (unpaired) electrons. The molecule has 0 saturated heterocycles. The molecule has 3 nitrogen and oxygen atoms in total.